The first-order chi connectivity index (χ1) is 6.02. The SMILES string of the molecule is CC(=O)OC(C(N)CN)C(O)CO. The van der Waals surface area contributed by atoms with E-state index >= 15 is 0 Å². The summed E-state index contributed by atoms with van der Waals surface area (Å²) in [7, 11) is 0. The molecular formula is C7H16N2O4. The van der Waals surface area contributed by atoms with Gasteiger partial charge in [0.2, 0.25) is 0 Å². The summed E-state index contributed by atoms with van der Waals surface area (Å²) >= 11 is 0. The van der Waals surface area contributed by atoms with Gasteiger partial charge in [-0.15, -0.1) is 0 Å². The van der Waals surface area contributed by atoms with Crippen molar-refractivity contribution in [3.63, 3.8) is 0 Å². The molecule has 0 aliphatic heterocycles. The molecule has 0 bridgehead atoms. The zero-order valence-electron chi connectivity index (χ0n) is 7.51. The van der Waals surface area contributed by atoms with E-state index in [0.29, 0.717) is 0 Å². The number of hydrogen-bond donors (Lipinski definition) is 4. The van der Waals surface area contributed by atoms with Crippen molar-refractivity contribution in [1.82, 2.24) is 0 Å². The summed E-state index contributed by atoms with van der Waals surface area (Å²) in [5, 5.41) is 17.8. The quantitative estimate of drug-likeness (QED) is 0.359. The maximum Gasteiger partial charge on any atom is 0.303 e. The van der Waals surface area contributed by atoms with Gasteiger partial charge in [0.25, 0.3) is 0 Å². The molecule has 6 heteroatoms. The summed E-state index contributed by atoms with van der Waals surface area (Å²) in [6.07, 6.45) is -2.14. The van der Waals surface area contributed by atoms with Crippen LogP contribution in [0.3, 0.4) is 0 Å². The maximum absolute atomic E-state index is 10.6. The molecule has 0 heterocycles. The maximum atomic E-state index is 10.6. The van der Waals surface area contributed by atoms with Crippen LogP contribution < -0.4 is 11.5 Å². The number of esters is 1. The number of nitrogens with two attached hydrogens (primary N) is 2. The highest BCUT2D eigenvalue weighted by atomic mass is 16.6. The average molecular weight is 192 g/mol. The normalized spacial score (nSPS) is 17.6. The van der Waals surface area contributed by atoms with Crippen LogP contribution in [0.25, 0.3) is 0 Å². The molecule has 0 aromatic carbocycles. The van der Waals surface area contributed by atoms with Crippen LogP contribution in [0.5, 0.6) is 0 Å². The Kier molecular flexibility index (Phi) is 5.56. The van der Waals surface area contributed by atoms with E-state index in [1.165, 1.54) is 6.92 Å². The summed E-state index contributed by atoms with van der Waals surface area (Å²) in [5.74, 6) is -0.568. The van der Waals surface area contributed by atoms with Gasteiger partial charge in [-0.1, -0.05) is 0 Å². The molecule has 0 radical (unpaired) electrons. The molecular weight excluding hydrogens is 176 g/mol. The van der Waals surface area contributed by atoms with E-state index in [0.717, 1.165) is 0 Å². The molecule has 13 heavy (non-hydrogen) atoms. The predicted octanol–water partition coefficient (Wildman–Crippen LogP) is -2.44. The van der Waals surface area contributed by atoms with Gasteiger partial charge in [0.1, 0.15) is 12.2 Å². The van der Waals surface area contributed by atoms with Crippen molar-refractivity contribution >= 4 is 5.97 Å². The summed E-state index contributed by atoms with van der Waals surface area (Å²) < 4.78 is 4.70. The van der Waals surface area contributed by atoms with Gasteiger partial charge < -0.3 is 26.4 Å². The van der Waals surface area contributed by atoms with Crippen LogP contribution in [0.4, 0.5) is 0 Å². The minimum absolute atomic E-state index is 0.0645. The van der Waals surface area contributed by atoms with E-state index < -0.39 is 30.8 Å². The van der Waals surface area contributed by atoms with Gasteiger partial charge in [0, 0.05) is 13.5 Å². The number of carbonyl (C=O) groups excluding carboxylic acids is 1. The molecule has 0 saturated carbocycles. The molecule has 0 aliphatic rings. The first-order valence-corrected chi connectivity index (χ1v) is 3.94. The van der Waals surface area contributed by atoms with Gasteiger partial charge in [-0.2, -0.15) is 0 Å². The number of aliphatic hydroxyl groups excluding tert-OH is 2. The average Bonchev–Trinajstić information content (AvgIpc) is 2.11. The van der Waals surface area contributed by atoms with Crippen LogP contribution in [-0.2, 0) is 9.53 Å². The van der Waals surface area contributed by atoms with Gasteiger partial charge in [-0.05, 0) is 0 Å². The molecule has 0 aromatic rings. The lowest BCUT2D eigenvalue weighted by Crippen LogP contribution is -2.50. The molecule has 3 atom stereocenters. The minimum Gasteiger partial charge on any atom is -0.458 e. The fourth-order valence-corrected chi connectivity index (χ4v) is 0.881. The second kappa shape index (κ2) is 5.87. The molecule has 0 aromatic heterocycles. The highest BCUT2D eigenvalue weighted by molar-refractivity contribution is 5.66. The van der Waals surface area contributed by atoms with Crippen molar-refractivity contribution in [2.45, 2.75) is 25.2 Å². The zero-order valence-corrected chi connectivity index (χ0v) is 7.51. The molecule has 0 spiro atoms. The Labute approximate surface area is 76.5 Å². The Bertz CT molecular complexity index is 155. The fourth-order valence-electron chi connectivity index (χ4n) is 0.881. The van der Waals surface area contributed by atoms with E-state index in [9.17, 15) is 9.90 Å². The van der Waals surface area contributed by atoms with Crippen LogP contribution in [0.2, 0.25) is 0 Å². The smallest absolute Gasteiger partial charge is 0.303 e. The molecule has 78 valence electrons. The summed E-state index contributed by atoms with van der Waals surface area (Å²) in [4.78, 5) is 10.6. The molecule has 6 nitrogen and oxygen atoms in total. The third-order valence-electron chi connectivity index (χ3n) is 1.56. The molecule has 3 unspecified atom stereocenters. The van der Waals surface area contributed by atoms with Crippen molar-refractivity contribution < 1.29 is 19.7 Å². The second-order valence-electron chi connectivity index (χ2n) is 2.72. The van der Waals surface area contributed by atoms with Gasteiger partial charge >= 0.3 is 5.97 Å². The van der Waals surface area contributed by atoms with E-state index in [-0.39, 0.29) is 6.54 Å². The number of aliphatic hydroxyl groups is 2. The fraction of sp³-hybridized carbons (Fsp3) is 0.857. The lowest BCUT2D eigenvalue weighted by Gasteiger charge is -2.25. The summed E-state index contributed by atoms with van der Waals surface area (Å²) in [6, 6.07) is -0.675. The standard InChI is InChI=1S/C7H16N2O4/c1-4(11)13-7(5(9)2-8)6(12)3-10/h5-7,10,12H,2-3,8-9H2,1H3. The van der Waals surface area contributed by atoms with Crippen LogP contribution in [-0.4, -0.2) is 47.6 Å². The number of hydrogen-bond acceptors (Lipinski definition) is 6. The molecule has 6 N–H and O–H groups in total. The summed E-state index contributed by atoms with van der Waals surface area (Å²) in [6.45, 7) is 0.737. The molecule has 0 saturated heterocycles. The largest absolute Gasteiger partial charge is 0.458 e. The minimum atomic E-state index is -1.19. The van der Waals surface area contributed by atoms with Crippen LogP contribution in [0.1, 0.15) is 6.92 Å². The van der Waals surface area contributed by atoms with Crippen LogP contribution >= 0.6 is 0 Å². The van der Waals surface area contributed by atoms with Gasteiger partial charge in [0.15, 0.2) is 0 Å². The molecule has 0 aliphatic carbocycles. The second-order valence-corrected chi connectivity index (χ2v) is 2.72. The third kappa shape index (κ3) is 4.18. The van der Waals surface area contributed by atoms with Gasteiger partial charge in [-0.3, -0.25) is 4.79 Å². The molecule has 0 rings (SSSR count). The topological polar surface area (TPSA) is 119 Å². The van der Waals surface area contributed by atoms with E-state index in [4.69, 9.17) is 21.3 Å². The first-order valence-electron chi connectivity index (χ1n) is 3.94. The van der Waals surface area contributed by atoms with E-state index in [2.05, 4.69) is 0 Å². The van der Waals surface area contributed by atoms with Crippen molar-refractivity contribution in [1.29, 1.82) is 0 Å². The Balaban J connectivity index is 4.26. The Morgan fingerprint density at radius 1 is 1.62 bits per heavy atom. The van der Waals surface area contributed by atoms with Crippen molar-refractivity contribution in [2.24, 2.45) is 11.5 Å². The number of carbonyl (C=O) groups is 1. The van der Waals surface area contributed by atoms with Crippen molar-refractivity contribution in [3.05, 3.63) is 0 Å². The molecule has 0 amide bonds. The van der Waals surface area contributed by atoms with Crippen molar-refractivity contribution in [3.8, 4) is 0 Å². The van der Waals surface area contributed by atoms with E-state index in [1.54, 1.807) is 0 Å². The monoisotopic (exact) mass is 192 g/mol. The highest BCUT2D eigenvalue weighted by Gasteiger charge is 2.27. The van der Waals surface area contributed by atoms with Gasteiger partial charge in [0.05, 0.1) is 12.6 Å². The highest BCUT2D eigenvalue weighted by Crippen LogP contribution is 2.03. The summed E-state index contributed by atoms with van der Waals surface area (Å²) in [5.41, 5.74) is 10.7. The Hall–Kier alpha value is -0.690. The number of ether oxygens (including phenoxy) is 1. The third-order valence-corrected chi connectivity index (χ3v) is 1.56. The first kappa shape index (κ1) is 12.3. The van der Waals surface area contributed by atoms with Gasteiger partial charge in [-0.25, -0.2) is 0 Å². The van der Waals surface area contributed by atoms with Crippen LogP contribution in [0.15, 0.2) is 0 Å². The zero-order chi connectivity index (χ0) is 10.4. The Morgan fingerprint density at radius 3 is 2.46 bits per heavy atom. The predicted molar refractivity (Wildman–Crippen MR) is 45.7 cm³/mol. The Morgan fingerprint density at radius 2 is 2.15 bits per heavy atom. The number of rotatable bonds is 5. The van der Waals surface area contributed by atoms with Crippen molar-refractivity contribution in [2.75, 3.05) is 13.2 Å². The lowest BCUT2D eigenvalue weighted by molar-refractivity contribution is -0.155. The van der Waals surface area contributed by atoms with E-state index in [1.807, 2.05) is 0 Å². The molecule has 0 fully saturated rings. The van der Waals surface area contributed by atoms with Crippen LogP contribution in [0, 0.1) is 0 Å². The lowest BCUT2D eigenvalue weighted by atomic mass is 10.1.